The molecule has 0 spiro atoms. The number of anilines is 1. The van der Waals surface area contributed by atoms with Gasteiger partial charge in [0.2, 0.25) is 5.91 Å². The van der Waals surface area contributed by atoms with E-state index in [4.69, 9.17) is 4.42 Å². The first-order valence-electron chi connectivity index (χ1n) is 8.25. The van der Waals surface area contributed by atoms with Crippen molar-refractivity contribution in [2.75, 3.05) is 5.32 Å². The molecule has 3 heterocycles. The Bertz CT molecular complexity index is 1190. The van der Waals surface area contributed by atoms with E-state index in [2.05, 4.69) is 20.4 Å². The molecule has 0 unspecified atom stereocenters. The highest BCUT2D eigenvalue weighted by atomic mass is 16.4. The number of nitrogens with zero attached hydrogens (tertiary/aromatic N) is 5. The Balaban J connectivity index is 1.50. The monoisotopic (exact) mass is 364 g/mol. The van der Waals surface area contributed by atoms with Gasteiger partial charge in [0.15, 0.2) is 5.58 Å². The predicted octanol–water partition coefficient (Wildman–Crippen LogP) is 1.83. The molecule has 3 aromatic heterocycles. The number of hydrogen-bond donors (Lipinski definition) is 1. The summed E-state index contributed by atoms with van der Waals surface area (Å²) >= 11 is 0. The average molecular weight is 364 g/mol. The van der Waals surface area contributed by atoms with Crippen LogP contribution in [0.15, 0.2) is 51.9 Å². The lowest BCUT2D eigenvalue weighted by Crippen LogP contribution is -2.25. The van der Waals surface area contributed by atoms with Gasteiger partial charge in [0.25, 0.3) is 5.95 Å². The Morgan fingerprint density at radius 3 is 2.63 bits per heavy atom. The van der Waals surface area contributed by atoms with Crippen molar-refractivity contribution >= 4 is 22.7 Å². The smallest absolute Gasteiger partial charge is 0.408 e. The highest BCUT2D eigenvalue weighted by Gasteiger charge is 2.13. The van der Waals surface area contributed by atoms with Crippen LogP contribution < -0.4 is 11.1 Å². The third-order valence-electron chi connectivity index (χ3n) is 4.00. The molecule has 1 aromatic carbocycles. The number of carbonyl (C=O) groups excluding carboxylic acids is 1. The minimum Gasteiger partial charge on any atom is -0.408 e. The number of benzene rings is 1. The summed E-state index contributed by atoms with van der Waals surface area (Å²) in [7, 11) is 0. The average Bonchev–Trinajstić information content (AvgIpc) is 3.14. The SMILES string of the molecule is Cc1cc(C)n(-c2ncc(NC(=O)Cn3c(=O)oc4ccccc43)cn2)n1. The number of para-hydroxylation sites is 2. The third kappa shape index (κ3) is 3.22. The molecule has 136 valence electrons. The van der Waals surface area contributed by atoms with Gasteiger partial charge < -0.3 is 9.73 Å². The molecular formula is C18H16N6O3. The van der Waals surface area contributed by atoms with E-state index in [-0.39, 0.29) is 12.5 Å². The van der Waals surface area contributed by atoms with Crippen molar-refractivity contribution in [1.29, 1.82) is 0 Å². The Kier molecular flexibility index (Phi) is 4.03. The fraction of sp³-hybridized carbons (Fsp3) is 0.167. The Hall–Kier alpha value is -3.75. The maximum absolute atomic E-state index is 12.3. The largest absolute Gasteiger partial charge is 0.420 e. The van der Waals surface area contributed by atoms with Gasteiger partial charge in [-0.05, 0) is 32.0 Å². The number of amides is 1. The maximum Gasteiger partial charge on any atom is 0.420 e. The Morgan fingerprint density at radius 2 is 1.93 bits per heavy atom. The zero-order chi connectivity index (χ0) is 19.0. The second-order valence-electron chi connectivity index (χ2n) is 6.08. The molecule has 0 aliphatic heterocycles. The van der Waals surface area contributed by atoms with Gasteiger partial charge >= 0.3 is 5.76 Å². The van der Waals surface area contributed by atoms with Crippen LogP contribution >= 0.6 is 0 Å². The van der Waals surface area contributed by atoms with Crippen molar-refractivity contribution in [1.82, 2.24) is 24.3 Å². The Morgan fingerprint density at radius 1 is 1.19 bits per heavy atom. The Labute approximate surface area is 153 Å². The van der Waals surface area contributed by atoms with Crippen LogP contribution in [0.3, 0.4) is 0 Å². The van der Waals surface area contributed by atoms with Gasteiger partial charge in [0.05, 0.1) is 29.3 Å². The van der Waals surface area contributed by atoms with E-state index in [9.17, 15) is 9.59 Å². The van der Waals surface area contributed by atoms with Crippen LogP contribution in [-0.2, 0) is 11.3 Å². The van der Waals surface area contributed by atoms with Crippen LogP contribution in [0.5, 0.6) is 0 Å². The summed E-state index contributed by atoms with van der Waals surface area (Å²) in [5, 5.41) is 6.99. The first-order valence-corrected chi connectivity index (χ1v) is 8.25. The summed E-state index contributed by atoms with van der Waals surface area (Å²) in [5.41, 5.74) is 3.20. The molecule has 0 saturated carbocycles. The van der Waals surface area contributed by atoms with Gasteiger partial charge in [-0.1, -0.05) is 12.1 Å². The van der Waals surface area contributed by atoms with Crippen LogP contribution in [0.2, 0.25) is 0 Å². The summed E-state index contributed by atoms with van der Waals surface area (Å²) < 4.78 is 8.02. The van der Waals surface area contributed by atoms with Crippen LogP contribution in [0, 0.1) is 13.8 Å². The molecular weight excluding hydrogens is 348 g/mol. The zero-order valence-electron chi connectivity index (χ0n) is 14.7. The number of oxazole rings is 1. The molecule has 0 fully saturated rings. The first-order chi connectivity index (χ1) is 13.0. The van der Waals surface area contributed by atoms with Gasteiger partial charge in [0, 0.05) is 5.69 Å². The molecule has 0 saturated heterocycles. The standard InChI is InChI=1S/C18H16N6O3/c1-11-7-12(2)24(22-11)17-19-8-13(9-20-17)21-16(25)10-23-14-5-3-4-6-15(14)27-18(23)26/h3-9H,10H2,1-2H3,(H,21,25). The molecule has 0 radical (unpaired) electrons. The van der Waals surface area contributed by atoms with Gasteiger partial charge in [0.1, 0.15) is 6.54 Å². The normalized spacial score (nSPS) is 11.0. The zero-order valence-corrected chi connectivity index (χ0v) is 14.7. The molecule has 4 rings (SSSR count). The molecule has 27 heavy (non-hydrogen) atoms. The van der Waals surface area contributed by atoms with Crippen LogP contribution in [0.1, 0.15) is 11.4 Å². The van der Waals surface area contributed by atoms with E-state index in [1.54, 1.807) is 28.9 Å². The van der Waals surface area contributed by atoms with Crippen molar-refractivity contribution in [3.05, 3.63) is 64.7 Å². The summed E-state index contributed by atoms with van der Waals surface area (Å²) in [5.74, 6) is -0.552. The number of fused-ring (bicyclic) bond motifs is 1. The number of aryl methyl sites for hydroxylation is 2. The van der Waals surface area contributed by atoms with Crippen molar-refractivity contribution in [3.63, 3.8) is 0 Å². The van der Waals surface area contributed by atoms with Crippen LogP contribution in [0.4, 0.5) is 5.69 Å². The quantitative estimate of drug-likeness (QED) is 0.592. The topological polar surface area (TPSA) is 108 Å². The summed E-state index contributed by atoms with van der Waals surface area (Å²) in [6.45, 7) is 3.63. The number of aromatic nitrogens is 5. The second-order valence-corrected chi connectivity index (χ2v) is 6.08. The van der Waals surface area contributed by atoms with Crippen LogP contribution in [0.25, 0.3) is 17.0 Å². The predicted molar refractivity (Wildman–Crippen MR) is 97.7 cm³/mol. The molecule has 0 atom stereocenters. The maximum atomic E-state index is 12.3. The van der Waals surface area contributed by atoms with E-state index in [0.29, 0.717) is 22.7 Å². The fourth-order valence-corrected chi connectivity index (χ4v) is 2.83. The lowest BCUT2D eigenvalue weighted by atomic mass is 10.3. The van der Waals surface area contributed by atoms with Crippen molar-refractivity contribution < 1.29 is 9.21 Å². The van der Waals surface area contributed by atoms with Crippen molar-refractivity contribution in [3.8, 4) is 5.95 Å². The molecule has 0 bridgehead atoms. The highest BCUT2D eigenvalue weighted by molar-refractivity contribution is 5.91. The van der Waals surface area contributed by atoms with Gasteiger partial charge in [-0.15, -0.1) is 0 Å². The van der Waals surface area contributed by atoms with Gasteiger partial charge in [-0.2, -0.15) is 5.10 Å². The molecule has 4 aromatic rings. The molecule has 0 aliphatic rings. The third-order valence-corrected chi connectivity index (χ3v) is 4.00. The summed E-state index contributed by atoms with van der Waals surface area (Å²) in [6, 6.07) is 8.86. The number of hydrogen-bond acceptors (Lipinski definition) is 6. The summed E-state index contributed by atoms with van der Waals surface area (Å²) in [6.07, 6.45) is 2.99. The molecule has 1 amide bonds. The van der Waals surface area contributed by atoms with Gasteiger partial charge in [-0.25, -0.2) is 19.4 Å². The van der Waals surface area contributed by atoms with Gasteiger partial charge in [-0.3, -0.25) is 9.36 Å². The lowest BCUT2D eigenvalue weighted by molar-refractivity contribution is -0.116. The van der Waals surface area contributed by atoms with E-state index in [0.717, 1.165) is 11.4 Å². The minimum atomic E-state index is -0.581. The van der Waals surface area contributed by atoms with E-state index < -0.39 is 5.76 Å². The molecule has 9 nitrogen and oxygen atoms in total. The number of nitrogens with one attached hydrogen (secondary N) is 1. The molecule has 0 aliphatic carbocycles. The lowest BCUT2D eigenvalue weighted by Gasteiger charge is -2.06. The van der Waals surface area contributed by atoms with E-state index in [1.807, 2.05) is 19.9 Å². The molecule has 1 N–H and O–H groups in total. The second kappa shape index (κ2) is 6.52. The highest BCUT2D eigenvalue weighted by Crippen LogP contribution is 2.13. The number of carbonyl (C=O) groups is 1. The van der Waals surface area contributed by atoms with Crippen LogP contribution in [-0.4, -0.2) is 30.2 Å². The van der Waals surface area contributed by atoms with E-state index >= 15 is 0 Å². The van der Waals surface area contributed by atoms with Crippen molar-refractivity contribution in [2.45, 2.75) is 20.4 Å². The summed E-state index contributed by atoms with van der Waals surface area (Å²) in [4.78, 5) is 32.7. The number of rotatable bonds is 4. The molecule has 9 heteroatoms. The van der Waals surface area contributed by atoms with Crippen molar-refractivity contribution in [2.24, 2.45) is 0 Å². The first kappa shape index (κ1) is 16.7. The van der Waals surface area contributed by atoms with E-state index in [1.165, 1.54) is 17.0 Å². The fourth-order valence-electron chi connectivity index (χ4n) is 2.83. The minimum absolute atomic E-state index is 0.172.